The van der Waals surface area contributed by atoms with Crippen molar-refractivity contribution in [3.8, 4) is 5.75 Å². The lowest BCUT2D eigenvalue weighted by atomic mass is 9.70. The molecule has 3 heterocycles. The Balaban J connectivity index is 1.49. The maximum Gasteiger partial charge on any atom is 0.250 e. The van der Waals surface area contributed by atoms with Crippen LogP contribution >= 0.6 is 0 Å². The van der Waals surface area contributed by atoms with Crippen LogP contribution in [0.3, 0.4) is 0 Å². The van der Waals surface area contributed by atoms with Crippen molar-refractivity contribution in [3.05, 3.63) is 53.6 Å². The summed E-state index contributed by atoms with van der Waals surface area (Å²) in [6, 6.07) is 11.3. The Morgan fingerprint density at radius 1 is 1.10 bits per heavy atom. The predicted octanol–water partition coefficient (Wildman–Crippen LogP) is 4.06. The molecular weight excluding hydrogens is 522 g/mol. The minimum Gasteiger partial charge on any atom is -0.494 e. The molecule has 9 nitrogen and oxygen atoms in total. The molecule has 1 spiro atoms. The number of nitrogens with one attached hydrogen (secondary N) is 2. The number of nitrogens with zero attached hydrogens (tertiary/aromatic N) is 1. The molecule has 3 N–H and O–H groups in total. The van der Waals surface area contributed by atoms with E-state index in [0.717, 1.165) is 11.1 Å². The Labute approximate surface area is 241 Å². The molecule has 2 bridgehead atoms. The van der Waals surface area contributed by atoms with Crippen molar-refractivity contribution in [2.75, 3.05) is 23.8 Å². The molecule has 0 aliphatic carbocycles. The van der Waals surface area contributed by atoms with Crippen molar-refractivity contribution < 1.29 is 29.0 Å². The number of fused-ring (bicyclic) bond motifs is 1. The molecular formula is C32H41N3O6. The number of hydrogen-bond donors (Lipinski definition) is 3. The van der Waals surface area contributed by atoms with E-state index in [0.29, 0.717) is 43.0 Å². The average molecular weight is 564 g/mol. The third-order valence-electron chi connectivity index (χ3n) is 8.80. The molecule has 0 saturated carbocycles. The molecule has 2 aromatic rings. The van der Waals surface area contributed by atoms with Crippen LogP contribution < -0.4 is 15.4 Å². The third kappa shape index (κ3) is 5.10. The summed E-state index contributed by atoms with van der Waals surface area (Å²) in [6.07, 6.45) is 1.11. The fourth-order valence-electron chi connectivity index (χ4n) is 7.13. The van der Waals surface area contributed by atoms with Crippen LogP contribution in [0.15, 0.2) is 42.5 Å². The van der Waals surface area contributed by atoms with Crippen molar-refractivity contribution in [2.45, 2.75) is 77.7 Å². The van der Waals surface area contributed by atoms with E-state index in [-0.39, 0.29) is 30.2 Å². The first-order chi connectivity index (χ1) is 19.6. The molecule has 2 aromatic carbocycles. The third-order valence-corrected chi connectivity index (χ3v) is 8.80. The zero-order valence-electron chi connectivity index (χ0n) is 24.5. The molecule has 3 aliphatic rings. The number of benzene rings is 2. The SMILES string of the molecule is CCOc1ccc(NC(=O)[C@@H]2[C@H]3C(=O)N([C@@H](CO)CC(C)C)C(C(=O)Nc4c(C)cccc4C)C34CC[C@H]2O4)cc1. The molecule has 3 saturated heterocycles. The Bertz CT molecular complexity index is 1290. The van der Waals surface area contributed by atoms with Gasteiger partial charge in [-0.2, -0.15) is 0 Å². The highest BCUT2D eigenvalue weighted by atomic mass is 16.5. The van der Waals surface area contributed by atoms with E-state index in [4.69, 9.17) is 9.47 Å². The van der Waals surface area contributed by atoms with E-state index in [9.17, 15) is 19.5 Å². The number of anilines is 2. The number of para-hydroxylation sites is 1. The lowest BCUT2D eigenvalue weighted by Gasteiger charge is -2.37. The van der Waals surface area contributed by atoms with Gasteiger partial charge in [-0.25, -0.2) is 0 Å². The van der Waals surface area contributed by atoms with Gasteiger partial charge >= 0.3 is 0 Å². The second-order valence-corrected chi connectivity index (χ2v) is 12.0. The van der Waals surface area contributed by atoms with Gasteiger partial charge in [0, 0.05) is 11.4 Å². The zero-order chi connectivity index (χ0) is 29.5. The van der Waals surface area contributed by atoms with Crippen LogP contribution in [-0.4, -0.2) is 64.7 Å². The summed E-state index contributed by atoms with van der Waals surface area (Å²) in [6.45, 7) is 10.0. The summed E-state index contributed by atoms with van der Waals surface area (Å²) in [5.41, 5.74) is 1.97. The number of aryl methyl sites for hydroxylation is 2. The van der Waals surface area contributed by atoms with Gasteiger partial charge in [-0.05, 0) is 81.3 Å². The number of carbonyl (C=O) groups is 3. The van der Waals surface area contributed by atoms with Crippen LogP contribution in [0.1, 0.15) is 51.2 Å². The summed E-state index contributed by atoms with van der Waals surface area (Å²) in [5, 5.41) is 16.5. The van der Waals surface area contributed by atoms with E-state index in [1.165, 1.54) is 4.90 Å². The number of likely N-dealkylation sites (tertiary alicyclic amines) is 1. The van der Waals surface area contributed by atoms with E-state index < -0.39 is 35.6 Å². The van der Waals surface area contributed by atoms with E-state index in [2.05, 4.69) is 10.6 Å². The Morgan fingerprint density at radius 2 is 1.78 bits per heavy atom. The van der Waals surface area contributed by atoms with Gasteiger partial charge in [0.2, 0.25) is 17.7 Å². The monoisotopic (exact) mass is 563 g/mol. The highest BCUT2D eigenvalue weighted by molar-refractivity contribution is 6.05. The second-order valence-electron chi connectivity index (χ2n) is 12.0. The summed E-state index contributed by atoms with van der Waals surface area (Å²) < 4.78 is 12.1. The largest absolute Gasteiger partial charge is 0.494 e. The molecule has 3 amide bonds. The van der Waals surface area contributed by atoms with Gasteiger partial charge in [-0.15, -0.1) is 0 Å². The van der Waals surface area contributed by atoms with Crippen molar-refractivity contribution in [2.24, 2.45) is 17.8 Å². The second kappa shape index (κ2) is 11.4. The van der Waals surface area contributed by atoms with Gasteiger partial charge < -0.3 is 30.1 Å². The number of carbonyl (C=O) groups excluding carboxylic acids is 3. The minimum absolute atomic E-state index is 0.177. The molecule has 41 heavy (non-hydrogen) atoms. The van der Waals surface area contributed by atoms with Gasteiger partial charge in [0.25, 0.3) is 0 Å². The van der Waals surface area contributed by atoms with Crippen LogP contribution in [-0.2, 0) is 19.1 Å². The van der Waals surface area contributed by atoms with Crippen LogP contribution in [0.25, 0.3) is 0 Å². The number of ether oxygens (including phenoxy) is 2. The maximum absolute atomic E-state index is 14.3. The Kier molecular flexibility index (Phi) is 8.12. The van der Waals surface area contributed by atoms with Crippen LogP contribution in [0.5, 0.6) is 5.75 Å². The molecule has 3 aliphatic heterocycles. The van der Waals surface area contributed by atoms with Crippen molar-refractivity contribution in [1.29, 1.82) is 0 Å². The molecule has 2 unspecified atom stereocenters. The van der Waals surface area contributed by atoms with E-state index in [1.54, 1.807) is 24.3 Å². The van der Waals surface area contributed by atoms with Crippen LogP contribution in [0.4, 0.5) is 11.4 Å². The normalized spacial score (nSPS) is 27.2. The molecule has 3 fully saturated rings. The Hall–Kier alpha value is -3.43. The number of hydrogen-bond acceptors (Lipinski definition) is 6. The molecule has 0 aromatic heterocycles. The predicted molar refractivity (Wildman–Crippen MR) is 156 cm³/mol. The molecule has 6 atom stereocenters. The van der Waals surface area contributed by atoms with Gasteiger partial charge in [-0.1, -0.05) is 32.0 Å². The lowest BCUT2D eigenvalue weighted by molar-refractivity contribution is -0.143. The quantitative estimate of drug-likeness (QED) is 0.401. The van der Waals surface area contributed by atoms with Crippen LogP contribution in [0, 0.1) is 31.6 Å². The zero-order valence-corrected chi connectivity index (χ0v) is 24.5. The van der Waals surface area contributed by atoms with Crippen molar-refractivity contribution >= 4 is 29.1 Å². The van der Waals surface area contributed by atoms with Gasteiger partial charge in [0.15, 0.2) is 0 Å². The van der Waals surface area contributed by atoms with Crippen molar-refractivity contribution in [3.63, 3.8) is 0 Å². The first kappa shape index (κ1) is 29.1. The molecule has 5 rings (SSSR count). The summed E-state index contributed by atoms with van der Waals surface area (Å²) >= 11 is 0. The first-order valence-electron chi connectivity index (χ1n) is 14.6. The first-order valence-corrected chi connectivity index (χ1v) is 14.6. The van der Waals surface area contributed by atoms with Gasteiger partial charge in [0.1, 0.15) is 17.4 Å². The maximum atomic E-state index is 14.3. The molecule has 9 heteroatoms. The highest BCUT2D eigenvalue weighted by Gasteiger charge is 2.75. The summed E-state index contributed by atoms with van der Waals surface area (Å²) in [4.78, 5) is 43.7. The summed E-state index contributed by atoms with van der Waals surface area (Å²) in [5.74, 6) is -1.66. The molecule has 0 radical (unpaired) electrons. The van der Waals surface area contributed by atoms with E-state index in [1.807, 2.05) is 52.8 Å². The molecule has 220 valence electrons. The highest BCUT2D eigenvalue weighted by Crippen LogP contribution is 2.59. The smallest absolute Gasteiger partial charge is 0.250 e. The number of rotatable bonds is 10. The Morgan fingerprint density at radius 3 is 2.39 bits per heavy atom. The number of amides is 3. The van der Waals surface area contributed by atoms with Gasteiger partial charge in [0.05, 0.1) is 37.2 Å². The summed E-state index contributed by atoms with van der Waals surface area (Å²) in [7, 11) is 0. The minimum atomic E-state index is -1.15. The van der Waals surface area contributed by atoms with Crippen LogP contribution in [0.2, 0.25) is 0 Å². The van der Waals surface area contributed by atoms with Gasteiger partial charge in [-0.3, -0.25) is 14.4 Å². The fraction of sp³-hybridized carbons (Fsp3) is 0.531. The van der Waals surface area contributed by atoms with E-state index >= 15 is 0 Å². The van der Waals surface area contributed by atoms with Crippen molar-refractivity contribution in [1.82, 2.24) is 4.90 Å². The topological polar surface area (TPSA) is 117 Å². The number of aliphatic hydroxyl groups excluding tert-OH is 1. The average Bonchev–Trinajstić information content (AvgIpc) is 3.58. The fourth-order valence-corrected chi connectivity index (χ4v) is 7.13. The lowest BCUT2D eigenvalue weighted by Crippen LogP contribution is -2.56. The number of aliphatic hydroxyl groups is 1. The standard InChI is InChI=1S/C32H41N3O6/c1-6-40-23-12-10-21(11-13-23)33-29(37)25-24-14-15-32(41-24)26(25)31(39)35(22(17-36)16-18(2)3)28(32)30(38)34-27-19(4)8-7-9-20(27)5/h7-13,18,22,24-26,28,36H,6,14-17H2,1-5H3,(H,33,37)(H,34,38)/t22-,24-,25+,26+,28?,32?/m1/s1.